The number of aliphatic hydroxyl groups excluding tert-OH is 1. The number of nitrogens with zero attached hydrogens (tertiary/aromatic N) is 1. The second-order valence-electron chi connectivity index (χ2n) is 6.28. The summed E-state index contributed by atoms with van der Waals surface area (Å²) in [6.45, 7) is 0. The zero-order valence-electron chi connectivity index (χ0n) is 12.6. The van der Waals surface area contributed by atoms with Gasteiger partial charge in [-0.25, -0.2) is 0 Å². The molecule has 1 heterocycles. The number of ketones is 1. The number of Topliss-reactive ketones (excluding diaryl/α,β-unsaturated/α-hetero) is 1. The number of carbonyl (C=O) groups excluding carboxylic acids is 1. The van der Waals surface area contributed by atoms with Gasteiger partial charge in [-0.1, -0.05) is 28.9 Å². The van der Waals surface area contributed by atoms with Gasteiger partial charge in [0.2, 0.25) is 0 Å². The molecule has 0 radical (unpaired) electrons. The van der Waals surface area contributed by atoms with Crippen LogP contribution in [0.3, 0.4) is 0 Å². The van der Waals surface area contributed by atoms with Crippen molar-refractivity contribution in [1.29, 1.82) is 0 Å². The van der Waals surface area contributed by atoms with Crippen LogP contribution in [-0.4, -0.2) is 30.2 Å². The smallest absolute Gasteiger partial charge is 0.304 e. The van der Waals surface area contributed by atoms with E-state index in [1.807, 2.05) is 12.1 Å². The summed E-state index contributed by atoms with van der Waals surface area (Å²) >= 11 is 6.36. The molecule has 4 rings (SSSR count). The van der Waals surface area contributed by atoms with E-state index in [0.717, 1.165) is 18.4 Å². The zero-order chi connectivity index (χ0) is 16.2. The maximum Gasteiger partial charge on any atom is 0.304 e. The van der Waals surface area contributed by atoms with E-state index >= 15 is 0 Å². The van der Waals surface area contributed by atoms with Crippen LogP contribution in [0.25, 0.3) is 0 Å². The number of amidine groups is 1. The van der Waals surface area contributed by atoms with E-state index in [1.54, 1.807) is 13.2 Å². The van der Waals surface area contributed by atoms with Gasteiger partial charge in [0.25, 0.3) is 0 Å². The molecule has 2 fully saturated rings. The lowest BCUT2D eigenvalue weighted by molar-refractivity contribution is -0.0896. The van der Waals surface area contributed by atoms with Crippen molar-refractivity contribution in [1.82, 2.24) is 5.32 Å². The molecule has 1 unspecified atom stereocenters. The van der Waals surface area contributed by atoms with Gasteiger partial charge in [-0.05, 0) is 25.3 Å². The van der Waals surface area contributed by atoms with Gasteiger partial charge < -0.3 is 20.0 Å². The molecular weight excluding hydrogens is 320 g/mol. The molecule has 23 heavy (non-hydrogen) atoms. The predicted octanol–water partition coefficient (Wildman–Crippen LogP) is 2.00. The maximum atomic E-state index is 12.6. The van der Waals surface area contributed by atoms with E-state index in [4.69, 9.17) is 16.3 Å². The van der Waals surface area contributed by atoms with E-state index in [9.17, 15) is 9.90 Å². The number of nitrogens with one attached hydrogen (secondary N) is 1. The van der Waals surface area contributed by atoms with Gasteiger partial charge in [0.05, 0.1) is 5.60 Å². The van der Waals surface area contributed by atoms with Gasteiger partial charge in [0.1, 0.15) is 0 Å². The number of hydrogen-bond donors (Lipinski definition) is 2. The van der Waals surface area contributed by atoms with Crippen LogP contribution in [0.15, 0.2) is 23.4 Å². The Kier molecular flexibility index (Phi) is 3.37. The molecule has 3 atom stereocenters. The van der Waals surface area contributed by atoms with Crippen molar-refractivity contribution in [3.63, 3.8) is 0 Å². The summed E-state index contributed by atoms with van der Waals surface area (Å²) in [6, 6.07) is 5.43. The fraction of sp³-hybridized carbons (Fsp3) is 0.500. The molecule has 0 amide bonds. The van der Waals surface area contributed by atoms with Crippen molar-refractivity contribution < 1.29 is 19.5 Å². The first-order chi connectivity index (χ1) is 11.0. The molecular formula is C16H17ClN2O4. The van der Waals surface area contributed by atoms with E-state index in [-0.39, 0.29) is 23.2 Å². The molecule has 1 aromatic carbocycles. The predicted molar refractivity (Wildman–Crippen MR) is 83.0 cm³/mol. The summed E-state index contributed by atoms with van der Waals surface area (Å²) in [7, 11) is 1.68. The number of methoxy groups -OCH3 is 1. The van der Waals surface area contributed by atoms with Gasteiger partial charge >= 0.3 is 6.41 Å². The summed E-state index contributed by atoms with van der Waals surface area (Å²) in [5, 5.41) is 16.2. The van der Waals surface area contributed by atoms with Crippen molar-refractivity contribution in [3.05, 3.63) is 34.3 Å². The molecule has 0 spiro atoms. The highest BCUT2D eigenvalue weighted by molar-refractivity contribution is 6.32. The number of aliphatic hydroxyl groups is 1. The molecule has 1 aromatic rings. The molecule has 3 aliphatic rings. The van der Waals surface area contributed by atoms with Crippen molar-refractivity contribution in [3.8, 4) is 0 Å². The summed E-state index contributed by atoms with van der Waals surface area (Å²) in [6.07, 6.45) is 1.49. The average molecular weight is 337 g/mol. The Morgan fingerprint density at radius 3 is 2.87 bits per heavy atom. The van der Waals surface area contributed by atoms with E-state index < -0.39 is 6.41 Å². The largest absolute Gasteiger partial charge is 0.373 e. The van der Waals surface area contributed by atoms with Crippen molar-refractivity contribution in [2.75, 3.05) is 7.11 Å². The standard InChI is InChI=1S/C16H17ClN2O4/c1-22-16(4-5-16)11-3-2-8(6-12(11)17)13(20)9-7-10(9)14-18-15(21)23-19-14/h2-3,6,9-10,15,21H,4-5,7H2,1H3,(H,18,19)/t9-,10-,15?/m0/s1. The zero-order valence-corrected chi connectivity index (χ0v) is 13.3. The normalized spacial score (nSPS) is 30.2. The molecule has 0 aromatic heterocycles. The fourth-order valence-corrected chi connectivity index (χ4v) is 3.55. The molecule has 0 bridgehead atoms. The fourth-order valence-electron chi connectivity index (χ4n) is 3.20. The first kappa shape index (κ1) is 14.9. The van der Waals surface area contributed by atoms with Crippen molar-refractivity contribution >= 4 is 23.2 Å². The minimum Gasteiger partial charge on any atom is -0.373 e. The first-order valence-corrected chi connectivity index (χ1v) is 7.99. The maximum absolute atomic E-state index is 12.6. The second kappa shape index (κ2) is 5.19. The Morgan fingerprint density at radius 2 is 2.30 bits per heavy atom. The average Bonchev–Trinajstić information content (AvgIpc) is 3.45. The Balaban J connectivity index is 1.49. The van der Waals surface area contributed by atoms with Crippen LogP contribution >= 0.6 is 11.6 Å². The number of ether oxygens (including phenoxy) is 1. The first-order valence-electron chi connectivity index (χ1n) is 7.62. The number of carbonyl (C=O) groups is 1. The van der Waals surface area contributed by atoms with E-state index in [0.29, 0.717) is 22.8 Å². The number of hydrogen-bond acceptors (Lipinski definition) is 6. The number of oxime groups is 1. The highest BCUT2D eigenvalue weighted by Crippen LogP contribution is 2.51. The minimum atomic E-state index is -1.11. The molecule has 122 valence electrons. The van der Waals surface area contributed by atoms with Crippen LogP contribution in [-0.2, 0) is 15.2 Å². The third-order valence-corrected chi connectivity index (χ3v) is 5.15. The van der Waals surface area contributed by atoms with Gasteiger partial charge in [-0.2, -0.15) is 0 Å². The summed E-state index contributed by atoms with van der Waals surface area (Å²) in [4.78, 5) is 17.3. The second-order valence-corrected chi connectivity index (χ2v) is 6.69. The van der Waals surface area contributed by atoms with Gasteiger partial charge in [-0.15, -0.1) is 0 Å². The Morgan fingerprint density at radius 1 is 1.52 bits per heavy atom. The number of rotatable bonds is 5. The van der Waals surface area contributed by atoms with Crippen molar-refractivity contribution in [2.24, 2.45) is 17.0 Å². The lowest BCUT2D eigenvalue weighted by Crippen LogP contribution is -2.30. The summed E-state index contributed by atoms with van der Waals surface area (Å²) in [5.41, 5.74) is 1.28. The third-order valence-electron chi connectivity index (χ3n) is 4.84. The van der Waals surface area contributed by atoms with E-state index in [1.165, 1.54) is 0 Å². The van der Waals surface area contributed by atoms with Gasteiger partial charge in [0.15, 0.2) is 11.6 Å². The highest BCUT2D eigenvalue weighted by atomic mass is 35.5. The minimum absolute atomic E-state index is 0.0214. The Labute approximate surface area is 138 Å². The van der Waals surface area contributed by atoms with Gasteiger partial charge in [0, 0.05) is 35.1 Å². The van der Waals surface area contributed by atoms with Gasteiger partial charge in [-0.3, -0.25) is 4.79 Å². The van der Waals surface area contributed by atoms with E-state index in [2.05, 4.69) is 15.3 Å². The molecule has 0 saturated heterocycles. The molecule has 6 nitrogen and oxygen atoms in total. The topological polar surface area (TPSA) is 80.2 Å². The van der Waals surface area contributed by atoms with Crippen LogP contribution in [0.2, 0.25) is 5.02 Å². The summed E-state index contributed by atoms with van der Waals surface area (Å²) < 4.78 is 5.54. The van der Waals surface area contributed by atoms with Crippen LogP contribution in [0.5, 0.6) is 0 Å². The lowest BCUT2D eigenvalue weighted by atomic mass is 10.0. The number of benzene rings is 1. The molecule has 1 aliphatic heterocycles. The molecule has 2 saturated carbocycles. The Bertz CT molecular complexity index is 701. The van der Waals surface area contributed by atoms with Crippen LogP contribution in [0.4, 0.5) is 0 Å². The lowest BCUT2D eigenvalue weighted by Gasteiger charge is -2.16. The quantitative estimate of drug-likeness (QED) is 0.804. The van der Waals surface area contributed by atoms with Crippen molar-refractivity contribution in [2.45, 2.75) is 31.3 Å². The summed E-state index contributed by atoms with van der Waals surface area (Å²) in [5.74, 6) is 0.410. The molecule has 2 aliphatic carbocycles. The molecule has 7 heteroatoms. The van der Waals surface area contributed by atoms with Crippen LogP contribution < -0.4 is 5.32 Å². The highest BCUT2D eigenvalue weighted by Gasteiger charge is 2.49. The van der Waals surface area contributed by atoms with Crippen LogP contribution in [0, 0.1) is 11.8 Å². The van der Waals surface area contributed by atoms with Crippen LogP contribution in [0.1, 0.15) is 35.2 Å². The SMILES string of the molecule is COC1(c2ccc(C(=O)[C@H]3C[C@@H]3C3=NOC(O)N3)cc2Cl)CC1. The third kappa shape index (κ3) is 2.51. The molecule has 2 N–H and O–H groups in total. The Hall–Kier alpha value is -1.63. The number of halogens is 1. The monoisotopic (exact) mass is 336 g/mol.